The van der Waals surface area contributed by atoms with E-state index in [2.05, 4.69) is 0 Å². The number of rotatable bonds is 9. The lowest BCUT2D eigenvalue weighted by Gasteiger charge is -2.10. The molecule has 0 aliphatic heterocycles. The van der Waals surface area contributed by atoms with Crippen molar-refractivity contribution >= 4 is 23.7 Å². The van der Waals surface area contributed by atoms with Crippen LogP contribution in [0.2, 0.25) is 0 Å². The number of carbonyl (C=O) groups is 2. The number of aromatic hydroxyl groups is 1. The summed E-state index contributed by atoms with van der Waals surface area (Å²) in [5.74, 6) is 0.886. The standard InChI is InChI=1S/C18H18O5.C15H12O/c1-21-13-7-4-12(5-8-13)6-9-15(19)18-16(20)10-14(22-2)11-17(18)23-3;16-15(14-9-5-2-6-10-14)12-11-13-7-3-1-4-8-13/h4-11,20H,1-3H3;1-12H. The Morgan fingerprint density at radius 2 is 1.15 bits per heavy atom. The van der Waals surface area contributed by atoms with Crippen LogP contribution in [-0.2, 0) is 0 Å². The molecule has 0 aliphatic rings. The molecule has 0 amide bonds. The van der Waals surface area contributed by atoms with Gasteiger partial charge in [0.25, 0.3) is 0 Å². The van der Waals surface area contributed by atoms with Crippen molar-refractivity contribution < 1.29 is 28.9 Å². The molecule has 4 rings (SSSR count). The second kappa shape index (κ2) is 14.6. The van der Waals surface area contributed by atoms with E-state index < -0.39 is 0 Å². The van der Waals surface area contributed by atoms with Crippen LogP contribution in [0.5, 0.6) is 23.0 Å². The Labute approximate surface area is 228 Å². The fourth-order valence-corrected chi connectivity index (χ4v) is 3.51. The number of ketones is 2. The molecule has 0 saturated heterocycles. The third kappa shape index (κ3) is 8.47. The van der Waals surface area contributed by atoms with Crippen molar-refractivity contribution in [2.45, 2.75) is 0 Å². The van der Waals surface area contributed by atoms with Crippen LogP contribution < -0.4 is 14.2 Å². The second-order valence-corrected chi connectivity index (χ2v) is 8.17. The lowest BCUT2D eigenvalue weighted by Crippen LogP contribution is -2.00. The van der Waals surface area contributed by atoms with E-state index >= 15 is 0 Å². The highest BCUT2D eigenvalue weighted by atomic mass is 16.5. The summed E-state index contributed by atoms with van der Waals surface area (Å²) in [5.41, 5.74) is 2.69. The summed E-state index contributed by atoms with van der Waals surface area (Å²) >= 11 is 0. The first kappa shape index (κ1) is 28.5. The van der Waals surface area contributed by atoms with Crippen LogP contribution in [0.25, 0.3) is 12.2 Å². The molecule has 0 saturated carbocycles. The van der Waals surface area contributed by atoms with E-state index in [0.717, 1.165) is 22.4 Å². The van der Waals surface area contributed by atoms with Gasteiger partial charge in [0.15, 0.2) is 11.6 Å². The number of ether oxygens (including phenoxy) is 3. The number of hydrogen-bond donors (Lipinski definition) is 1. The van der Waals surface area contributed by atoms with Crippen LogP contribution in [0.15, 0.2) is 109 Å². The Bertz CT molecular complexity index is 1420. The monoisotopic (exact) mass is 522 g/mol. The molecule has 4 aromatic rings. The molecule has 0 bridgehead atoms. The van der Waals surface area contributed by atoms with E-state index in [4.69, 9.17) is 14.2 Å². The quantitative estimate of drug-likeness (QED) is 0.190. The summed E-state index contributed by atoms with van der Waals surface area (Å²) in [6.45, 7) is 0. The summed E-state index contributed by atoms with van der Waals surface area (Å²) in [5, 5.41) is 10.0. The van der Waals surface area contributed by atoms with E-state index in [1.165, 1.54) is 26.4 Å². The Hall–Kier alpha value is -5.10. The van der Waals surface area contributed by atoms with E-state index in [1.54, 1.807) is 37.5 Å². The van der Waals surface area contributed by atoms with Crippen LogP contribution in [0.3, 0.4) is 0 Å². The van der Waals surface area contributed by atoms with Gasteiger partial charge < -0.3 is 19.3 Å². The van der Waals surface area contributed by atoms with Gasteiger partial charge in [-0.1, -0.05) is 84.9 Å². The van der Waals surface area contributed by atoms with Crippen LogP contribution in [0.1, 0.15) is 31.8 Å². The van der Waals surface area contributed by atoms with E-state index in [0.29, 0.717) is 5.75 Å². The van der Waals surface area contributed by atoms with Crippen LogP contribution in [0.4, 0.5) is 0 Å². The molecule has 4 aromatic carbocycles. The third-order valence-electron chi connectivity index (χ3n) is 5.58. The molecule has 1 N–H and O–H groups in total. The minimum atomic E-state index is -0.363. The molecule has 198 valence electrons. The molecule has 0 heterocycles. The van der Waals surface area contributed by atoms with E-state index in [-0.39, 0.29) is 28.6 Å². The number of carbonyl (C=O) groups excluding carboxylic acids is 2. The molecule has 0 spiro atoms. The average Bonchev–Trinajstić information content (AvgIpc) is 2.99. The molecular weight excluding hydrogens is 492 g/mol. The van der Waals surface area contributed by atoms with Crippen molar-refractivity contribution in [1.82, 2.24) is 0 Å². The number of benzene rings is 4. The van der Waals surface area contributed by atoms with E-state index in [1.807, 2.05) is 78.9 Å². The van der Waals surface area contributed by atoms with Gasteiger partial charge in [-0.25, -0.2) is 0 Å². The SMILES string of the molecule is COc1ccc(C=CC(=O)c2c(O)cc(OC)cc2OC)cc1.O=C(C=Cc1ccccc1)c1ccccc1. The zero-order chi connectivity index (χ0) is 28.0. The average molecular weight is 523 g/mol. The highest BCUT2D eigenvalue weighted by Gasteiger charge is 2.17. The summed E-state index contributed by atoms with van der Waals surface area (Å²) in [4.78, 5) is 24.1. The first-order valence-electron chi connectivity index (χ1n) is 12.1. The van der Waals surface area contributed by atoms with Crippen LogP contribution in [-0.4, -0.2) is 38.0 Å². The second-order valence-electron chi connectivity index (χ2n) is 8.17. The molecule has 0 atom stereocenters. The van der Waals surface area contributed by atoms with Gasteiger partial charge in [-0.05, 0) is 35.4 Å². The molecule has 0 fully saturated rings. The zero-order valence-electron chi connectivity index (χ0n) is 22.0. The summed E-state index contributed by atoms with van der Waals surface area (Å²) in [6.07, 6.45) is 6.47. The van der Waals surface area contributed by atoms with Gasteiger partial charge in [-0.2, -0.15) is 0 Å². The van der Waals surface area contributed by atoms with E-state index in [9.17, 15) is 14.7 Å². The molecule has 0 unspecified atom stereocenters. The molecule has 39 heavy (non-hydrogen) atoms. The Morgan fingerprint density at radius 3 is 1.72 bits per heavy atom. The fourth-order valence-electron chi connectivity index (χ4n) is 3.51. The molecular formula is C33H30O6. The number of methoxy groups -OCH3 is 3. The lowest BCUT2D eigenvalue weighted by atomic mass is 10.1. The minimum absolute atomic E-state index is 0.0319. The maximum absolute atomic E-state index is 12.3. The first-order valence-corrected chi connectivity index (χ1v) is 12.1. The van der Waals surface area contributed by atoms with Crippen molar-refractivity contribution in [2.75, 3.05) is 21.3 Å². The van der Waals surface area contributed by atoms with Crippen molar-refractivity contribution in [3.05, 3.63) is 131 Å². The van der Waals surface area contributed by atoms with Crippen molar-refractivity contribution in [3.8, 4) is 23.0 Å². The maximum Gasteiger partial charge on any atom is 0.193 e. The van der Waals surface area contributed by atoms with Crippen molar-refractivity contribution in [2.24, 2.45) is 0 Å². The Balaban J connectivity index is 0.000000230. The fraction of sp³-hybridized carbons (Fsp3) is 0.0909. The normalized spacial score (nSPS) is 10.5. The number of phenols is 1. The van der Waals surface area contributed by atoms with Gasteiger partial charge in [0.05, 0.1) is 21.3 Å². The van der Waals surface area contributed by atoms with Gasteiger partial charge in [0.1, 0.15) is 28.6 Å². The van der Waals surface area contributed by atoms with Gasteiger partial charge in [0.2, 0.25) is 0 Å². The van der Waals surface area contributed by atoms with Gasteiger partial charge >= 0.3 is 0 Å². The predicted molar refractivity (Wildman–Crippen MR) is 154 cm³/mol. The topological polar surface area (TPSA) is 82.1 Å². The molecule has 0 radical (unpaired) electrons. The summed E-state index contributed by atoms with van der Waals surface area (Å²) < 4.78 is 15.3. The molecule has 6 heteroatoms. The molecule has 0 aromatic heterocycles. The van der Waals surface area contributed by atoms with Crippen LogP contribution >= 0.6 is 0 Å². The number of allylic oxidation sites excluding steroid dienone is 2. The van der Waals surface area contributed by atoms with Crippen molar-refractivity contribution in [3.63, 3.8) is 0 Å². The Morgan fingerprint density at radius 1 is 0.615 bits per heavy atom. The van der Waals surface area contributed by atoms with Gasteiger partial charge in [-0.3, -0.25) is 9.59 Å². The maximum atomic E-state index is 12.3. The van der Waals surface area contributed by atoms with Crippen LogP contribution in [0, 0.1) is 0 Å². The van der Waals surface area contributed by atoms with Gasteiger partial charge in [0, 0.05) is 17.7 Å². The molecule has 6 nitrogen and oxygen atoms in total. The summed E-state index contributed by atoms with van der Waals surface area (Å²) in [7, 11) is 4.49. The molecule has 0 aliphatic carbocycles. The number of phenolic OH excluding ortho intramolecular Hbond substituents is 1. The highest BCUT2D eigenvalue weighted by Crippen LogP contribution is 2.33. The zero-order valence-corrected chi connectivity index (χ0v) is 22.0. The first-order chi connectivity index (χ1) is 18.9. The third-order valence-corrected chi connectivity index (χ3v) is 5.58. The van der Waals surface area contributed by atoms with Crippen molar-refractivity contribution in [1.29, 1.82) is 0 Å². The minimum Gasteiger partial charge on any atom is -0.507 e. The van der Waals surface area contributed by atoms with Gasteiger partial charge in [-0.15, -0.1) is 0 Å². The summed E-state index contributed by atoms with van der Waals surface area (Å²) in [6, 6.07) is 29.2. The predicted octanol–water partition coefficient (Wildman–Crippen LogP) is 6.90. The Kier molecular flexibility index (Phi) is 10.7. The number of hydrogen-bond acceptors (Lipinski definition) is 6. The lowest BCUT2D eigenvalue weighted by molar-refractivity contribution is 0.103. The smallest absolute Gasteiger partial charge is 0.193 e. The largest absolute Gasteiger partial charge is 0.507 e. The highest BCUT2D eigenvalue weighted by molar-refractivity contribution is 6.10.